The lowest BCUT2D eigenvalue weighted by Gasteiger charge is -2.37. The van der Waals surface area contributed by atoms with E-state index in [9.17, 15) is 13.2 Å². The van der Waals surface area contributed by atoms with Crippen molar-refractivity contribution in [3.05, 3.63) is 54.0 Å². The molecule has 2 unspecified atom stereocenters. The van der Waals surface area contributed by atoms with Crippen LogP contribution in [0.3, 0.4) is 0 Å². The Hall–Kier alpha value is -3.54. The van der Waals surface area contributed by atoms with E-state index in [1.165, 1.54) is 10.6 Å². The van der Waals surface area contributed by atoms with Crippen LogP contribution in [-0.2, 0) is 10.9 Å². The summed E-state index contributed by atoms with van der Waals surface area (Å²) >= 11 is 0. The molecular formula is C20H19F3N8O. The van der Waals surface area contributed by atoms with Crippen molar-refractivity contribution >= 4 is 11.5 Å². The van der Waals surface area contributed by atoms with Gasteiger partial charge in [0.1, 0.15) is 17.6 Å². The highest BCUT2D eigenvalue weighted by molar-refractivity contribution is 5.58. The number of alkyl halides is 3. The van der Waals surface area contributed by atoms with Crippen molar-refractivity contribution in [2.75, 3.05) is 18.0 Å². The summed E-state index contributed by atoms with van der Waals surface area (Å²) in [7, 11) is 0. The number of aromatic amines is 1. The summed E-state index contributed by atoms with van der Waals surface area (Å²) in [5.41, 5.74) is 1.45. The molecule has 0 spiro atoms. The lowest BCUT2D eigenvalue weighted by atomic mass is 10.1. The Morgan fingerprint density at radius 2 is 2.00 bits per heavy atom. The largest absolute Gasteiger partial charge is 0.434 e. The molecule has 12 heteroatoms. The van der Waals surface area contributed by atoms with Crippen molar-refractivity contribution < 1.29 is 17.9 Å². The summed E-state index contributed by atoms with van der Waals surface area (Å²) in [6, 6.07) is 1.77. The fourth-order valence-electron chi connectivity index (χ4n) is 3.85. The minimum atomic E-state index is -4.57. The predicted molar refractivity (Wildman–Crippen MR) is 108 cm³/mol. The number of hydrogen-bond donors (Lipinski definition) is 1. The van der Waals surface area contributed by atoms with Crippen LogP contribution in [0, 0.1) is 6.92 Å². The molecule has 0 aromatic carbocycles. The molecule has 32 heavy (non-hydrogen) atoms. The minimum absolute atomic E-state index is 0.0577. The quantitative estimate of drug-likeness (QED) is 0.518. The van der Waals surface area contributed by atoms with E-state index in [0.717, 1.165) is 23.7 Å². The maximum absolute atomic E-state index is 13.1. The van der Waals surface area contributed by atoms with Gasteiger partial charge in [0, 0.05) is 30.7 Å². The third kappa shape index (κ3) is 3.66. The summed E-state index contributed by atoms with van der Waals surface area (Å²) in [5.74, 6) is 0.917. The molecule has 2 atom stereocenters. The zero-order chi connectivity index (χ0) is 22.5. The van der Waals surface area contributed by atoms with E-state index in [4.69, 9.17) is 4.74 Å². The maximum Gasteiger partial charge on any atom is 0.434 e. The van der Waals surface area contributed by atoms with Gasteiger partial charge in [0.15, 0.2) is 17.2 Å². The van der Waals surface area contributed by atoms with E-state index >= 15 is 0 Å². The standard InChI is InChI=1S/C20H19F3N8O/c1-11-8-30(9-15(32-11)13-5-27-29-12(13)2)17-3-4-24-19(28-17)14-6-26-18-7-25-16(10-31(14)18)20(21,22)23/h3-7,10-11,15H,8-9H2,1-2H3,(H,27,29). The molecule has 0 radical (unpaired) electrons. The molecule has 5 rings (SSSR count). The van der Waals surface area contributed by atoms with E-state index in [-0.39, 0.29) is 23.7 Å². The van der Waals surface area contributed by atoms with Gasteiger partial charge in [0.25, 0.3) is 0 Å². The van der Waals surface area contributed by atoms with Gasteiger partial charge in [-0.25, -0.2) is 19.9 Å². The third-order valence-electron chi connectivity index (χ3n) is 5.36. The molecule has 1 aliphatic heterocycles. The minimum Gasteiger partial charge on any atom is -0.367 e. The van der Waals surface area contributed by atoms with E-state index in [2.05, 4.69) is 35.0 Å². The first kappa shape index (κ1) is 20.4. The number of anilines is 1. The van der Waals surface area contributed by atoms with Gasteiger partial charge in [0.2, 0.25) is 0 Å². The molecule has 166 valence electrons. The first-order valence-corrected chi connectivity index (χ1v) is 9.94. The zero-order valence-corrected chi connectivity index (χ0v) is 17.2. The lowest BCUT2D eigenvalue weighted by Crippen LogP contribution is -2.43. The van der Waals surface area contributed by atoms with E-state index in [1.54, 1.807) is 12.3 Å². The smallest absolute Gasteiger partial charge is 0.367 e. The van der Waals surface area contributed by atoms with Gasteiger partial charge >= 0.3 is 6.18 Å². The van der Waals surface area contributed by atoms with Crippen LogP contribution in [0.5, 0.6) is 0 Å². The lowest BCUT2D eigenvalue weighted by molar-refractivity contribution is -0.141. The number of hydrogen-bond acceptors (Lipinski definition) is 7. The molecule has 0 bridgehead atoms. The second kappa shape index (κ2) is 7.55. The maximum atomic E-state index is 13.1. The van der Waals surface area contributed by atoms with E-state index in [1.807, 2.05) is 20.0 Å². The Labute approximate surface area is 180 Å². The van der Waals surface area contributed by atoms with Gasteiger partial charge in [0.05, 0.1) is 30.7 Å². The number of ether oxygens (including phenoxy) is 1. The summed E-state index contributed by atoms with van der Waals surface area (Å²) in [6.07, 6.45) is 2.02. The van der Waals surface area contributed by atoms with Crippen molar-refractivity contribution in [2.45, 2.75) is 32.2 Å². The van der Waals surface area contributed by atoms with Gasteiger partial charge in [-0.1, -0.05) is 0 Å². The van der Waals surface area contributed by atoms with Crippen molar-refractivity contribution in [3.63, 3.8) is 0 Å². The van der Waals surface area contributed by atoms with Crippen LogP contribution in [0.15, 0.2) is 37.1 Å². The Balaban J connectivity index is 1.49. The number of morpholine rings is 1. The zero-order valence-electron chi connectivity index (χ0n) is 17.2. The Kier molecular flexibility index (Phi) is 4.81. The molecule has 4 aromatic rings. The summed E-state index contributed by atoms with van der Waals surface area (Å²) in [4.78, 5) is 18.6. The van der Waals surface area contributed by atoms with E-state index in [0.29, 0.717) is 24.6 Å². The first-order valence-electron chi connectivity index (χ1n) is 9.94. The molecule has 0 saturated carbocycles. The molecule has 0 aliphatic carbocycles. The molecule has 9 nitrogen and oxygen atoms in total. The number of aryl methyl sites for hydroxylation is 1. The number of imidazole rings is 1. The highest BCUT2D eigenvalue weighted by Gasteiger charge is 2.33. The second-order valence-electron chi connectivity index (χ2n) is 7.65. The molecular weight excluding hydrogens is 425 g/mol. The summed E-state index contributed by atoms with van der Waals surface area (Å²) in [5, 5.41) is 7.03. The van der Waals surface area contributed by atoms with Crippen molar-refractivity contribution in [3.8, 4) is 11.5 Å². The number of nitrogens with zero attached hydrogens (tertiary/aromatic N) is 7. The van der Waals surface area contributed by atoms with Crippen LogP contribution in [0.1, 0.15) is 30.0 Å². The van der Waals surface area contributed by atoms with Crippen molar-refractivity contribution in [1.29, 1.82) is 0 Å². The number of halogens is 3. The highest BCUT2D eigenvalue weighted by Crippen LogP contribution is 2.31. The topological polar surface area (TPSA) is 97.1 Å². The van der Waals surface area contributed by atoms with Crippen molar-refractivity contribution in [2.24, 2.45) is 0 Å². The van der Waals surface area contributed by atoms with Crippen LogP contribution in [0.4, 0.5) is 19.0 Å². The van der Waals surface area contributed by atoms with Crippen LogP contribution in [0.25, 0.3) is 17.2 Å². The number of H-pyrrole nitrogens is 1. The molecule has 0 amide bonds. The van der Waals surface area contributed by atoms with Gasteiger partial charge in [-0.2, -0.15) is 18.3 Å². The third-order valence-corrected chi connectivity index (χ3v) is 5.36. The molecule has 1 N–H and O–H groups in total. The van der Waals surface area contributed by atoms with Gasteiger partial charge in [-0.3, -0.25) is 9.50 Å². The van der Waals surface area contributed by atoms with E-state index < -0.39 is 11.9 Å². The molecule has 4 aromatic heterocycles. The Bertz CT molecular complexity index is 1270. The first-order chi connectivity index (χ1) is 15.3. The van der Waals surface area contributed by atoms with Crippen molar-refractivity contribution in [1.82, 2.24) is 34.5 Å². The molecule has 1 aliphatic rings. The summed E-state index contributed by atoms with van der Waals surface area (Å²) in [6.45, 7) is 5.05. The average Bonchev–Trinajstić information content (AvgIpc) is 3.38. The molecule has 5 heterocycles. The van der Waals surface area contributed by atoms with Crippen LogP contribution in [0.2, 0.25) is 0 Å². The number of rotatable bonds is 3. The van der Waals surface area contributed by atoms with Gasteiger partial charge in [-0.05, 0) is 19.9 Å². The number of fused-ring (bicyclic) bond motifs is 1. The molecule has 1 fully saturated rings. The SMILES string of the molecule is Cc1n[nH]cc1C1CN(c2ccnc(-c3cnc4cnc(C(F)(F)F)cn34)n2)CC(C)O1. The van der Waals surface area contributed by atoms with Gasteiger partial charge in [-0.15, -0.1) is 0 Å². The fourth-order valence-corrected chi connectivity index (χ4v) is 3.85. The fraction of sp³-hybridized carbons (Fsp3) is 0.350. The van der Waals surface area contributed by atoms with Crippen LogP contribution >= 0.6 is 0 Å². The predicted octanol–water partition coefficient (Wildman–Crippen LogP) is 3.20. The number of nitrogens with one attached hydrogen (secondary N) is 1. The van der Waals surface area contributed by atoms with Gasteiger partial charge < -0.3 is 9.64 Å². The van der Waals surface area contributed by atoms with Crippen LogP contribution < -0.4 is 4.90 Å². The normalized spacial score (nSPS) is 19.6. The number of aromatic nitrogens is 7. The van der Waals surface area contributed by atoms with Crippen LogP contribution in [-0.4, -0.2) is 53.7 Å². The second-order valence-corrected chi connectivity index (χ2v) is 7.65. The average molecular weight is 444 g/mol. The Morgan fingerprint density at radius 3 is 2.75 bits per heavy atom. The monoisotopic (exact) mass is 444 g/mol. The Morgan fingerprint density at radius 1 is 1.16 bits per heavy atom. The highest BCUT2D eigenvalue weighted by atomic mass is 19.4. The molecule has 1 saturated heterocycles. The summed E-state index contributed by atoms with van der Waals surface area (Å²) < 4.78 is 46.8.